The molecule has 0 amide bonds. The molecule has 1 N–H and O–H groups in total. The van der Waals surface area contributed by atoms with Crippen molar-refractivity contribution in [1.82, 2.24) is 4.98 Å². The second kappa shape index (κ2) is 5.35. The first-order chi connectivity index (χ1) is 8.22. The van der Waals surface area contributed by atoms with Crippen molar-refractivity contribution in [1.29, 1.82) is 0 Å². The fourth-order valence-electron chi connectivity index (χ4n) is 1.61. The van der Waals surface area contributed by atoms with Gasteiger partial charge in [0.2, 0.25) is 0 Å². The molecule has 1 aromatic heterocycles. The zero-order valence-electron chi connectivity index (χ0n) is 9.37. The minimum absolute atomic E-state index is 0.290. The smallest absolute Gasteiger partial charge is 0.340 e. The largest absolute Gasteiger partial charge is 0.462 e. The zero-order valence-corrected chi connectivity index (χ0v) is 11.5. The van der Waals surface area contributed by atoms with E-state index in [2.05, 4.69) is 27.6 Å². The van der Waals surface area contributed by atoms with Crippen LogP contribution in [0.4, 0.5) is 0 Å². The molecule has 0 spiro atoms. The number of ether oxygens (including phenoxy) is 1. The van der Waals surface area contributed by atoms with E-state index in [9.17, 15) is 4.79 Å². The van der Waals surface area contributed by atoms with Crippen molar-refractivity contribution in [2.24, 2.45) is 0 Å². The van der Waals surface area contributed by atoms with Crippen LogP contribution in [0, 0.1) is 3.57 Å². The number of carbonyl (C=O) groups is 1. The Morgan fingerprint density at radius 3 is 2.65 bits per heavy atom. The van der Waals surface area contributed by atoms with Gasteiger partial charge in [-0.15, -0.1) is 0 Å². The molecule has 0 aliphatic carbocycles. The van der Waals surface area contributed by atoms with E-state index in [-0.39, 0.29) is 5.97 Å². The molecule has 2 rings (SSSR count). The molecule has 4 heteroatoms. The van der Waals surface area contributed by atoms with Gasteiger partial charge in [-0.25, -0.2) is 4.79 Å². The van der Waals surface area contributed by atoms with Gasteiger partial charge in [0, 0.05) is 21.5 Å². The number of aromatic amines is 1. The van der Waals surface area contributed by atoms with Crippen molar-refractivity contribution < 1.29 is 9.53 Å². The lowest BCUT2D eigenvalue weighted by molar-refractivity contribution is 0.0527. The maximum atomic E-state index is 11.7. The molecule has 0 fully saturated rings. The average molecular weight is 341 g/mol. The molecule has 0 atom stereocenters. The topological polar surface area (TPSA) is 42.1 Å². The van der Waals surface area contributed by atoms with E-state index in [0.717, 1.165) is 11.1 Å². The second-order valence-electron chi connectivity index (χ2n) is 3.51. The Morgan fingerprint density at radius 1 is 1.29 bits per heavy atom. The van der Waals surface area contributed by atoms with Crippen LogP contribution in [-0.2, 0) is 4.74 Å². The number of hydrogen-bond donors (Lipinski definition) is 1. The van der Waals surface area contributed by atoms with Crippen LogP contribution >= 0.6 is 22.6 Å². The first-order valence-electron chi connectivity index (χ1n) is 5.32. The van der Waals surface area contributed by atoms with E-state index >= 15 is 0 Å². The summed E-state index contributed by atoms with van der Waals surface area (Å²) in [5.41, 5.74) is 2.46. The van der Waals surface area contributed by atoms with Crippen LogP contribution in [0.3, 0.4) is 0 Å². The summed E-state index contributed by atoms with van der Waals surface area (Å²) >= 11 is 2.25. The molecule has 0 bridgehead atoms. The number of H-pyrrole nitrogens is 1. The summed E-state index contributed by atoms with van der Waals surface area (Å²) in [5, 5.41) is 0. The number of benzene rings is 1. The predicted molar refractivity (Wildman–Crippen MR) is 74.9 cm³/mol. The summed E-state index contributed by atoms with van der Waals surface area (Å²) in [6.45, 7) is 2.19. The van der Waals surface area contributed by atoms with Gasteiger partial charge < -0.3 is 9.72 Å². The lowest BCUT2D eigenvalue weighted by Crippen LogP contribution is -2.04. The van der Waals surface area contributed by atoms with Crippen molar-refractivity contribution >= 4 is 28.6 Å². The first kappa shape index (κ1) is 12.2. The van der Waals surface area contributed by atoms with Gasteiger partial charge in [0.15, 0.2) is 0 Å². The van der Waals surface area contributed by atoms with Crippen LogP contribution in [0.15, 0.2) is 36.7 Å². The summed E-state index contributed by atoms with van der Waals surface area (Å²) in [6.07, 6.45) is 3.49. The summed E-state index contributed by atoms with van der Waals surface area (Å²) < 4.78 is 6.18. The number of hydrogen-bond acceptors (Lipinski definition) is 2. The van der Waals surface area contributed by atoms with Gasteiger partial charge >= 0.3 is 5.97 Å². The first-order valence-corrected chi connectivity index (χ1v) is 6.40. The third-order valence-electron chi connectivity index (χ3n) is 2.40. The Kier molecular flexibility index (Phi) is 3.83. The molecule has 0 unspecified atom stereocenters. The lowest BCUT2D eigenvalue weighted by Gasteiger charge is -2.04. The molecule has 0 saturated heterocycles. The van der Waals surface area contributed by atoms with Crippen molar-refractivity contribution in [2.45, 2.75) is 6.92 Å². The van der Waals surface area contributed by atoms with E-state index < -0.39 is 0 Å². The van der Waals surface area contributed by atoms with Crippen LogP contribution in [-0.4, -0.2) is 17.6 Å². The van der Waals surface area contributed by atoms with Gasteiger partial charge in [-0.1, -0.05) is 12.1 Å². The Balaban J connectivity index is 2.36. The fraction of sp³-hybridized carbons (Fsp3) is 0.154. The summed E-state index contributed by atoms with van der Waals surface area (Å²) in [7, 11) is 0. The summed E-state index contributed by atoms with van der Waals surface area (Å²) in [6, 6.07) is 8.01. The van der Waals surface area contributed by atoms with Crippen LogP contribution < -0.4 is 0 Å². The maximum Gasteiger partial charge on any atom is 0.340 e. The second-order valence-corrected chi connectivity index (χ2v) is 4.76. The molecule has 0 aliphatic heterocycles. The number of carbonyl (C=O) groups excluding carboxylic acids is 1. The number of halogens is 1. The zero-order chi connectivity index (χ0) is 12.3. The average Bonchev–Trinajstić information content (AvgIpc) is 2.79. The Bertz CT molecular complexity index is 516. The van der Waals surface area contributed by atoms with E-state index in [4.69, 9.17) is 4.74 Å². The highest BCUT2D eigenvalue weighted by Crippen LogP contribution is 2.24. The third-order valence-corrected chi connectivity index (χ3v) is 3.12. The molecule has 0 aliphatic rings. The highest BCUT2D eigenvalue weighted by Gasteiger charge is 2.14. The third kappa shape index (κ3) is 2.69. The van der Waals surface area contributed by atoms with Gasteiger partial charge in [-0.3, -0.25) is 0 Å². The number of nitrogens with one attached hydrogen (secondary N) is 1. The van der Waals surface area contributed by atoms with Gasteiger partial charge in [0.05, 0.1) is 12.2 Å². The molecular weight excluding hydrogens is 329 g/mol. The normalized spacial score (nSPS) is 10.2. The van der Waals surface area contributed by atoms with E-state index in [1.807, 2.05) is 30.5 Å². The van der Waals surface area contributed by atoms with Crippen LogP contribution in [0.1, 0.15) is 17.3 Å². The Labute approximate surface area is 113 Å². The molecule has 0 saturated carbocycles. The van der Waals surface area contributed by atoms with Crippen molar-refractivity contribution in [3.05, 3.63) is 45.8 Å². The number of esters is 1. The van der Waals surface area contributed by atoms with Crippen LogP contribution in [0.2, 0.25) is 0 Å². The minimum atomic E-state index is -0.290. The van der Waals surface area contributed by atoms with Gasteiger partial charge in [0.1, 0.15) is 0 Å². The molecule has 88 valence electrons. The standard InChI is InChI=1S/C13H12INO2/c1-2-17-13(16)12-8-15-7-11(12)9-3-5-10(14)6-4-9/h3-8,15H,2H2,1H3. The molecule has 2 aromatic rings. The lowest BCUT2D eigenvalue weighted by atomic mass is 10.1. The molecule has 1 aromatic carbocycles. The number of aromatic nitrogens is 1. The van der Waals surface area contributed by atoms with Gasteiger partial charge in [-0.05, 0) is 47.2 Å². The Morgan fingerprint density at radius 2 is 2.00 bits per heavy atom. The molecule has 3 nitrogen and oxygen atoms in total. The molecule has 0 radical (unpaired) electrons. The summed E-state index contributed by atoms with van der Waals surface area (Å²) in [4.78, 5) is 14.7. The van der Waals surface area contributed by atoms with Crippen molar-refractivity contribution in [2.75, 3.05) is 6.61 Å². The van der Waals surface area contributed by atoms with Gasteiger partial charge in [-0.2, -0.15) is 0 Å². The SMILES string of the molecule is CCOC(=O)c1c[nH]cc1-c1ccc(I)cc1. The van der Waals surface area contributed by atoms with E-state index in [0.29, 0.717) is 12.2 Å². The van der Waals surface area contributed by atoms with E-state index in [1.165, 1.54) is 3.57 Å². The molecular formula is C13H12INO2. The summed E-state index contributed by atoms with van der Waals surface area (Å²) in [5.74, 6) is -0.290. The minimum Gasteiger partial charge on any atom is -0.462 e. The highest BCUT2D eigenvalue weighted by atomic mass is 127. The van der Waals surface area contributed by atoms with Crippen molar-refractivity contribution in [3.8, 4) is 11.1 Å². The van der Waals surface area contributed by atoms with E-state index in [1.54, 1.807) is 13.1 Å². The van der Waals surface area contributed by atoms with Crippen LogP contribution in [0.25, 0.3) is 11.1 Å². The van der Waals surface area contributed by atoms with Crippen molar-refractivity contribution in [3.63, 3.8) is 0 Å². The van der Waals surface area contributed by atoms with Gasteiger partial charge in [0.25, 0.3) is 0 Å². The predicted octanol–water partition coefficient (Wildman–Crippen LogP) is 3.46. The number of rotatable bonds is 3. The van der Waals surface area contributed by atoms with Crippen LogP contribution in [0.5, 0.6) is 0 Å². The molecule has 17 heavy (non-hydrogen) atoms. The monoisotopic (exact) mass is 341 g/mol. The Hall–Kier alpha value is -1.30. The maximum absolute atomic E-state index is 11.7. The highest BCUT2D eigenvalue weighted by molar-refractivity contribution is 14.1. The molecule has 1 heterocycles. The fourth-order valence-corrected chi connectivity index (χ4v) is 1.97. The quantitative estimate of drug-likeness (QED) is 0.686.